The van der Waals surface area contributed by atoms with Crippen molar-refractivity contribution in [3.8, 4) is 0 Å². The number of amides is 1. The van der Waals surface area contributed by atoms with Crippen LogP contribution >= 0.6 is 0 Å². The van der Waals surface area contributed by atoms with E-state index >= 15 is 0 Å². The summed E-state index contributed by atoms with van der Waals surface area (Å²) in [7, 11) is 0. The second-order valence-corrected chi connectivity index (χ2v) is 5.55. The van der Waals surface area contributed by atoms with Crippen LogP contribution < -0.4 is 5.32 Å². The molecular weight excluding hydrogens is 226 g/mol. The number of nitrogens with zero attached hydrogens (tertiary/aromatic N) is 2. The number of carbonyl (C=O) groups is 1. The van der Waals surface area contributed by atoms with Gasteiger partial charge in [0.2, 0.25) is 5.91 Å². The van der Waals surface area contributed by atoms with Crippen molar-refractivity contribution in [2.75, 3.05) is 39.3 Å². The lowest BCUT2D eigenvalue weighted by atomic mass is 9.98. The maximum absolute atomic E-state index is 12.4. The Balaban J connectivity index is 1.84. The van der Waals surface area contributed by atoms with Crippen LogP contribution in [0.15, 0.2) is 0 Å². The Kier molecular flexibility index (Phi) is 5.45. The molecule has 2 aliphatic heterocycles. The average Bonchev–Trinajstić information content (AvgIpc) is 2.41. The lowest BCUT2D eigenvalue weighted by molar-refractivity contribution is -0.136. The van der Waals surface area contributed by atoms with E-state index in [4.69, 9.17) is 0 Å². The SMILES string of the molecule is CCCC1CCCCN1C(=O)CN1CCNCC1. The maximum Gasteiger partial charge on any atom is 0.236 e. The van der Waals surface area contributed by atoms with Gasteiger partial charge in [-0.25, -0.2) is 0 Å². The highest BCUT2D eigenvalue weighted by atomic mass is 16.2. The summed E-state index contributed by atoms with van der Waals surface area (Å²) in [4.78, 5) is 16.9. The molecule has 0 aliphatic carbocycles. The number of likely N-dealkylation sites (tertiary alicyclic amines) is 1. The van der Waals surface area contributed by atoms with Gasteiger partial charge in [0.25, 0.3) is 0 Å². The third kappa shape index (κ3) is 3.69. The van der Waals surface area contributed by atoms with Gasteiger partial charge in [-0.3, -0.25) is 9.69 Å². The molecule has 2 fully saturated rings. The molecule has 1 N–H and O–H groups in total. The number of hydrogen-bond acceptors (Lipinski definition) is 3. The summed E-state index contributed by atoms with van der Waals surface area (Å²) < 4.78 is 0. The van der Waals surface area contributed by atoms with Crippen molar-refractivity contribution >= 4 is 5.91 Å². The quantitative estimate of drug-likeness (QED) is 0.814. The third-order valence-corrected chi connectivity index (χ3v) is 4.14. The predicted octanol–water partition coefficient (Wildman–Crippen LogP) is 1.07. The second-order valence-electron chi connectivity index (χ2n) is 5.55. The first-order valence-corrected chi connectivity index (χ1v) is 7.54. The molecule has 4 nitrogen and oxygen atoms in total. The Labute approximate surface area is 111 Å². The standard InChI is InChI=1S/C14H27N3O/c1-2-5-13-6-3-4-9-17(13)14(18)12-16-10-7-15-8-11-16/h13,15H,2-12H2,1H3. The maximum atomic E-state index is 12.4. The fraction of sp³-hybridized carbons (Fsp3) is 0.929. The number of nitrogens with one attached hydrogen (secondary N) is 1. The zero-order valence-electron chi connectivity index (χ0n) is 11.7. The van der Waals surface area contributed by atoms with E-state index in [1.807, 2.05) is 0 Å². The molecule has 1 amide bonds. The van der Waals surface area contributed by atoms with Gasteiger partial charge in [-0.15, -0.1) is 0 Å². The van der Waals surface area contributed by atoms with E-state index in [9.17, 15) is 4.79 Å². The fourth-order valence-electron chi connectivity index (χ4n) is 3.11. The molecule has 0 aromatic heterocycles. The van der Waals surface area contributed by atoms with Crippen LogP contribution in [-0.4, -0.2) is 61.0 Å². The zero-order valence-corrected chi connectivity index (χ0v) is 11.7. The molecule has 18 heavy (non-hydrogen) atoms. The van der Waals surface area contributed by atoms with Gasteiger partial charge in [0, 0.05) is 38.8 Å². The Bertz CT molecular complexity index is 262. The summed E-state index contributed by atoms with van der Waals surface area (Å²) >= 11 is 0. The van der Waals surface area contributed by atoms with Crippen LogP contribution in [0.2, 0.25) is 0 Å². The van der Waals surface area contributed by atoms with Crippen molar-refractivity contribution < 1.29 is 4.79 Å². The minimum Gasteiger partial charge on any atom is -0.339 e. The Hall–Kier alpha value is -0.610. The minimum absolute atomic E-state index is 0.357. The highest BCUT2D eigenvalue weighted by Gasteiger charge is 2.27. The van der Waals surface area contributed by atoms with Gasteiger partial charge in [0.1, 0.15) is 0 Å². The second kappa shape index (κ2) is 7.10. The van der Waals surface area contributed by atoms with E-state index in [0.29, 0.717) is 18.5 Å². The number of piperazine rings is 1. The van der Waals surface area contributed by atoms with Crippen LogP contribution in [0.5, 0.6) is 0 Å². The lowest BCUT2D eigenvalue weighted by Crippen LogP contribution is -2.51. The number of carbonyl (C=O) groups excluding carboxylic acids is 1. The Morgan fingerprint density at radius 2 is 2.00 bits per heavy atom. The van der Waals surface area contributed by atoms with Crippen molar-refractivity contribution in [3.05, 3.63) is 0 Å². The van der Waals surface area contributed by atoms with E-state index in [1.165, 1.54) is 32.1 Å². The zero-order chi connectivity index (χ0) is 12.8. The first-order valence-electron chi connectivity index (χ1n) is 7.54. The monoisotopic (exact) mass is 253 g/mol. The molecule has 0 saturated carbocycles. The molecule has 0 radical (unpaired) electrons. The average molecular weight is 253 g/mol. The third-order valence-electron chi connectivity index (χ3n) is 4.14. The molecule has 104 valence electrons. The summed E-state index contributed by atoms with van der Waals surface area (Å²) in [6.07, 6.45) is 6.05. The van der Waals surface area contributed by atoms with Crippen LogP contribution in [0.1, 0.15) is 39.0 Å². The summed E-state index contributed by atoms with van der Waals surface area (Å²) in [5, 5.41) is 3.33. The minimum atomic E-state index is 0.357. The van der Waals surface area contributed by atoms with Gasteiger partial charge in [-0.2, -0.15) is 0 Å². The van der Waals surface area contributed by atoms with E-state index in [2.05, 4.69) is 22.0 Å². The lowest BCUT2D eigenvalue weighted by Gasteiger charge is -2.37. The van der Waals surface area contributed by atoms with Gasteiger partial charge >= 0.3 is 0 Å². The van der Waals surface area contributed by atoms with Gasteiger partial charge < -0.3 is 10.2 Å². The molecule has 2 aliphatic rings. The van der Waals surface area contributed by atoms with E-state index in [1.54, 1.807) is 0 Å². The van der Waals surface area contributed by atoms with Crippen molar-refractivity contribution in [3.63, 3.8) is 0 Å². The van der Waals surface area contributed by atoms with E-state index in [-0.39, 0.29) is 0 Å². The van der Waals surface area contributed by atoms with Crippen LogP contribution in [0, 0.1) is 0 Å². The van der Waals surface area contributed by atoms with Crippen LogP contribution in [0.3, 0.4) is 0 Å². The molecule has 2 saturated heterocycles. The molecule has 4 heteroatoms. The smallest absolute Gasteiger partial charge is 0.236 e. The van der Waals surface area contributed by atoms with Gasteiger partial charge in [0.05, 0.1) is 6.54 Å². The summed E-state index contributed by atoms with van der Waals surface area (Å²) in [6.45, 7) is 7.89. The molecule has 2 heterocycles. The first-order chi connectivity index (χ1) is 8.81. The topological polar surface area (TPSA) is 35.6 Å². The van der Waals surface area contributed by atoms with Crippen LogP contribution in [-0.2, 0) is 4.79 Å². The number of hydrogen-bond donors (Lipinski definition) is 1. The largest absolute Gasteiger partial charge is 0.339 e. The van der Waals surface area contributed by atoms with Gasteiger partial charge in [-0.1, -0.05) is 13.3 Å². The first kappa shape index (κ1) is 13.8. The summed E-state index contributed by atoms with van der Waals surface area (Å²) in [6, 6.07) is 0.513. The molecule has 1 atom stereocenters. The highest BCUT2D eigenvalue weighted by molar-refractivity contribution is 5.78. The molecule has 2 rings (SSSR count). The highest BCUT2D eigenvalue weighted by Crippen LogP contribution is 2.21. The molecule has 0 spiro atoms. The predicted molar refractivity (Wildman–Crippen MR) is 73.6 cm³/mol. The number of piperidine rings is 1. The normalized spacial score (nSPS) is 26.3. The number of rotatable bonds is 4. The fourth-order valence-corrected chi connectivity index (χ4v) is 3.11. The Morgan fingerprint density at radius 3 is 2.72 bits per heavy atom. The van der Waals surface area contributed by atoms with Gasteiger partial charge in [0.15, 0.2) is 0 Å². The van der Waals surface area contributed by atoms with Crippen LogP contribution in [0.4, 0.5) is 0 Å². The molecular formula is C14H27N3O. The summed E-state index contributed by atoms with van der Waals surface area (Å²) in [5.41, 5.74) is 0. The van der Waals surface area contributed by atoms with Crippen molar-refractivity contribution in [1.82, 2.24) is 15.1 Å². The van der Waals surface area contributed by atoms with Crippen LogP contribution in [0.25, 0.3) is 0 Å². The van der Waals surface area contributed by atoms with E-state index in [0.717, 1.165) is 32.7 Å². The van der Waals surface area contributed by atoms with Gasteiger partial charge in [-0.05, 0) is 25.7 Å². The molecule has 0 bridgehead atoms. The van der Waals surface area contributed by atoms with E-state index < -0.39 is 0 Å². The molecule has 0 aromatic rings. The van der Waals surface area contributed by atoms with Crippen molar-refractivity contribution in [2.24, 2.45) is 0 Å². The molecule has 1 unspecified atom stereocenters. The molecule has 0 aromatic carbocycles. The van der Waals surface area contributed by atoms with Crippen molar-refractivity contribution in [2.45, 2.75) is 45.1 Å². The van der Waals surface area contributed by atoms with Crippen molar-refractivity contribution in [1.29, 1.82) is 0 Å². The Morgan fingerprint density at radius 1 is 1.22 bits per heavy atom. The summed E-state index contributed by atoms with van der Waals surface area (Å²) in [5.74, 6) is 0.357.